The van der Waals surface area contributed by atoms with Crippen LogP contribution in [-0.4, -0.2) is 50.5 Å². The van der Waals surface area contributed by atoms with Gasteiger partial charge in [-0.2, -0.15) is 0 Å². The number of unbranched alkanes of at least 4 members (excludes halogenated alkanes) is 1. The number of hydrogen-bond acceptors (Lipinski definition) is 4. The topological polar surface area (TPSA) is 86.8 Å². The molecule has 0 saturated carbocycles. The number of carbonyl (C=O) groups is 2. The van der Waals surface area contributed by atoms with Crippen LogP contribution in [0.3, 0.4) is 0 Å². The Hall–Kier alpha value is -2.29. The molecule has 0 aromatic heterocycles. The summed E-state index contributed by atoms with van der Waals surface area (Å²) in [6, 6.07) is 11.6. The number of sulfonamides is 1. The van der Waals surface area contributed by atoms with Crippen LogP contribution in [0.4, 0.5) is 5.69 Å². The first-order valence-corrected chi connectivity index (χ1v) is 15.1. The SMILES string of the molecule is CCCCNC(=O)[C@H](CC)N(Cc1c(Cl)cccc1Cl)C(=O)CCCN(c1ccc(C)cc1)S(C)(=O)=O. The third kappa shape index (κ3) is 9.20. The van der Waals surface area contributed by atoms with E-state index in [1.807, 2.05) is 32.9 Å². The number of nitrogens with zero attached hydrogens (tertiary/aromatic N) is 2. The number of anilines is 1. The van der Waals surface area contributed by atoms with Gasteiger partial charge in [0.2, 0.25) is 21.8 Å². The summed E-state index contributed by atoms with van der Waals surface area (Å²) in [4.78, 5) is 28.0. The Kier molecular flexibility index (Phi) is 12.2. The van der Waals surface area contributed by atoms with Crippen LogP contribution in [-0.2, 0) is 26.2 Å². The Morgan fingerprint density at radius 1 is 1.00 bits per heavy atom. The molecule has 7 nitrogen and oxygen atoms in total. The summed E-state index contributed by atoms with van der Waals surface area (Å²) in [6.07, 6.45) is 3.66. The molecule has 0 spiro atoms. The van der Waals surface area contributed by atoms with Crippen LogP contribution in [0.1, 0.15) is 57.1 Å². The van der Waals surface area contributed by atoms with Gasteiger partial charge >= 0.3 is 0 Å². The molecule has 0 bridgehead atoms. The van der Waals surface area contributed by atoms with E-state index < -0.39 is 16.1 Å². The summed E-state index contributed by atoms with van der Waals surface area (Å²) in [5.41, 5.74) is 2.13. The average Bonchev–Trinajstić information content (AvgIpc) is 2.83. The minimum atomic E-state index is -3.55. The molecule has 0 fully saturated rings. The second kappa shape index (κ2) is 14.6. The van der Waals surface area contributed by atoms with Crippen LogP contribution < -0.4 is 9.62 Å². The Balaban J connectivity index is 2.24. The van der Waals surface area contributed by atoms with E-state index in [1.165, 1.54) is 9.21 Å². The lowest BCUT2D eigenvalue weighted by Gasteiger charge is -2.31. The molecule has 0 unspecified atom stereocenters. The molecule has 0 radical (unpaired) electrons. The van der Waals surface area contributed by atoms with E-state index in [0.29, 0.717) is 34.3 Å². The van der Waals surface area contributed by atoms with Crippen LogP contribution in [0.5, 0.6) is 0 Å². The predicted molar refractivity (Wildman–Crippen MR) is 152 cm³/mol. The number of hydrogen-bond donors (Lipinski definition) is 1. The molecule has 37 heavy (non-hydrogen) atoms. The number of carbonyl (C=O) groups excluding carboxylic acids is 2. The smallest absolute Gasteiger partial charge is 0.242 e. The van der Waals surface area contributed by atoms with Crippen LogP contribution in [0, 0.1) is 6.92 Å². The molecule has 0 aliphatic carbocycles. The zero-order valence-electron chi connectivity index (χ0n) is 22.0. The highest BCUT2D eigenvalue weighted by Gasteiger charge is 2.29. The predicted octanol–water partition coefficient (Wildman–Crippen LogP) is 5.57. The Labute approximate surface area is 231 Å². The number of rotatable bonds is 14. The lowest BCUT2D eigenvalue weighted by molar-refractivity contribution is -0.141. The van der Waals surface area contributed by atoms with Crippen molar-refractivity contribution in [3.8, 4) is 0 Å². The normalized spacial score (nSPS) is 12.2. The molecule has 10 heteroatoms. The number of benzene rings is 2. The molecule has 1 atom stereocenters. The third-order valence-electron chi connectivity index (χ3n) is 6.08. The standard InChI is InChI=1S/C27H37Cl2N3O4S/c1-5-7-17-30-27(34)25(6-2)31(19-22-23(28)10-8-11-24(22)29)26(33)12-9-18-32(37(4,35)36)21-15-13-20(3)14-16-21/h8,10-11,13-16,25H,5-7,9,12,17-19H2,1-4H3,(H,30,34)/t25-/m0/s1. The van der Waals surface area contributed by atoms with Gasteiger partial charge in [0.05, 0.1) is 11.9 Å². The molecule has 2 aromatic rings. The second-order valence-electron chi connectivity index (χ2n) is 9.06. The van der Waals surface area contributed by atoms with E-state index in [1.54, 1.807) is 30.3 Å². The van der Waals surface area contributed by atoms with E-state index in [4.69, 9.17) is 23.2 Å². The van der Waals surface area contributed by atoms with Crippen molar-refractivity contribution in [2.45, 2.75) is 65.5 Å². The Morgan fingerprint density at radius 3 is 2.16 bits per heavy atom. The van der Waals surface area contributed by atoms with Gasteiger partial charge in [-0.05, 0) is 50.5 Å². The van der Waals surface area contributed by atoms with Crippen molar-refractivity contribution in [3.05, 3.63) is 63.6 Å². The summed E-state index contributed by atoms with van der Waals surface area (Å²) >= 11 is 12.8. The lowest BCUT2D eigenvalue weighted by Crippen LogP contribution is -2.49. The fourth-order valence-corrected chi connectivity index (χ4v) is 5.48. The van der Waals surface area contributed by atoms with E-state index in [9.17, 15) is 18.0 Å². The first kappa shape index (κ1) is 30.9. The molecule has 2 aromatic carbocycles. The minimum Gasteiger partial charge on any atom is -0.354 e. The van der Waals surface area contributed by atoms with E-state index in [2.05, 4.69) is 5.32 Å². The molecule has 2 rings (SSSR count). The zero-order valence-corrected chi connectivity index (χ0v) is 24.3. The van der Waals surface area contributed by atoms with E-state index in [0.717, 1.165) is 24.7 Å². The highest BCUT2D eigenvalue weighted by Crippen LogP contribution is 2.27. The summed E-state index contributed by atoms with van der Waals surface area (Å²) < 4.78 is 26.2. The second-order valence-corrected chi connectivity index (χ2v) is 11.8. The molecule has 0 aliphatic heterocycles. The van der Waals surface area contributed by atoms with E-state index in [-0.39, 0.29) is 37.7 Å². The fraction of sp³-hybridized carbons (Fsp3) is 0.481. The molecule has 0 heterocycles. The zero-order chi connectivity index (χ0) is 27.6. The van der Waals surface area contributed by atoms with Gasteiger partial charge in [-0.25, -0.2) is 8.42 Å². The third-order valence-corrected chi connectivity index (χ3v) is 7.98. The van der Waals surface area contributed by atoms with Crippen LogP contribution in [0.15, 0.2) is 42.5 Å². The average molecular weight is 571 g/mol. The lowest BCUT2D eigenvalue weighted by atomic mass is 10.1. The van der Waals surface area contributed by atoms with Gasteiger partial charge in [0.25, 0.3) is 0 Å². The number of amides is 2. The first-order chi connectivity index (χ1) is 17.5. The van der Waals surface area contributed by atoms with Crippen molar-refractivity contribution in [2.75, 3.05) is 23.7 Å². The molecular formula is C27H37Cl2N3O4S. The fourth-order valence-electron chi connectivity index (χ4n) is 3.99. The van der Waals surface area contributed by atoms with Crippen molar-refractivity contribution in [3.63, 3.8) is 0 Å². The molecular weight excluding hydrogens is 533 g/mol. The molecule has 2 amide bonds. The molecule has 1 N–H and O–H groups in total. The van der Waals surface area contributed by atoms with Crippen LogP contribution >= 0.6 is 23.2 Å². The summed E-state index contributed by atoms with van der Waals surface area (Å²) in [6.45, 7) is 6.55. The highest BCUT2D eigenvalue weighted by molar-refractivity contribution is 7.92. The molecule has 204 valence electrons. The van der Waals surface area contributed by atoms with Gasteiger partial charge in [-0.1, -0.05) is 67.2 Å². The van der Waals surface area contributed by atoms with Gasteiger partial charge in [-0.15, -0.1) is 0 Å². The first-order valence-electron chi connectivity index (χ1n) is 12.5. The van der Waals surface area contributed by atoms with Gasteiger partial charge in [-0.3, -0.25) is 13.9 Å². The maximum atomic E-state index is 13.5. The quantitative estimate of drug-likeness (QED) is 0.301. The van der Waals surface area contributed by atoms with Crippen LogP contribution in [0.2, 0.25) is 10.0 Å². The number of halogens is 2. The maximum Gasteiger partial charge on any atom is 0.242 e. The maximum absolute atomic E-state index is 13.5. The largest absolute Gasteiger partial charge is 0.354 e. The monoisotopic (exact) mass is 569 g/mol. The summed E-state index contributed by atoms with van der Waals surface area (Å²) in [5, 5.41) is 3.74. The Bertz CT molecular complexity index is 1140. The number of aryl methyl sites for hydroxylation is 1. The number of nitrogens with one attached hydrogen (secondary N) is 1. The van der Waals surface area contributed by atoms with Crippen molar-refractivity contribution < 1.29 is 18.0 Å². The summed E-state index contributed by atoms with van der Waals surface area (Å²) in [5.74, 6) is -0.504. The van der Waals surface area contributed by atoms with Gasteiger partial charge in [0.1, 0.15) is 6.04 Å². The minimum absolute atomic E-state index is 0.0543. The van der Waals surface area contributed by atoms with Crippen LogP contribution in [0.25, 0.3) is 0 Å². The van der Waals surface area contributed by atoms with Crippen molar-refractivity contribution >= 4 is 50.7 Å². The van der Waals surface area contributed by atoms with Crippen molar-refractivity contribution in [2.24, 2.45) is 0 Å². The molecule has 0 aliphatic rings. The molecule has 0 saturated heterocycles. The van der Waals surface area contributed by atoms with Gasteiger partial charge in [0.15, 0.2) is 0 Å². The van der Waals surface area contributed by atoms with Gasteiger partial charge < -0.3 is 10.2 Å². The Morgan fingerprint density at radius 2 is 1.62 bits per heavy atom. The van der Waals surface area contributed by atoms with Crippen molar-refractivity contribution in [1.29, 1.82) is 0 Å². The van der Waals surface area contributed by atoms with Gasteiger partial charge in [0, 0.05) is 41.7 Å². The highest BCUT2D eigenvalue weighted by atomic mass is 35.5. The van der Waals surface area contributed by atoms with Crippen molar-refractivity contribution in [1.82, 2.24) is 10.2 Å². The summed E-state index contributed by atoms with van der Waals surface area (Å²) in [7, 11) is -3.55. The van der Waals surface area contributed by atoms with E-state index >= 15 is 0 Å².